The molecule has 0 aliphatic rings. The van der Waals surface area contributed by atoms with Gasteiger partial charge in [0.25, 0.3) is 5.56 Å². The molecule has 7 heteroatoms. The van der Waals surface area contributed by atoms with Crippen molar-refractivity contribution in [1.29, 1.82) is 0 Å². The van der Waals surface area contributed by atoms with Crippen molar-refractivity contribution in [2.45, 2.75) is 46.0 Å². The number of benzene rings is 2. The summed E-state index contributed by atoms with van der Waals surface area (Å²) in [6.07, 6.45) is 3.90. The number of esters is 1. The van der Waals surface area contributed by atoms with Gasteiger partial charge in [0.15, 0.2) is 0 Å². The molecular formula is C25H29N3O4. The minimum Gasteiger partial charge on any atom is -0.465 e. The summed E-state index contributed by atoms with van der Waals surface area (Å²) in [7, 11) is 1.34. The molecule has 0 atom stereocenters. The van der Waals surface area contributed by atoms with Gasteiger partial charge in [0, 0.05) is 23.4 Å². The molecule has 0 bridgehead atoms. The van der Waals surface area contributed by atoms with Crippen LogP contribution in [0.4, 0.5) is 5.69 Å². The van der Waals surface area contributed by atoms with Crippen LogP contribution in [0.25, 0.3) is 10.8 Å². The standard InChI is InChI=1S/C25H29N3O4/c1-4-8-16(9-5-2)23(29)26-18-12-13-20-21(15-18)24(30)28-27-22(20)14-17-10-6-7-11-19(17)25(31)32-3/h6-7,10-13,15-16H,4-5,8-9,14H2,1-3H3,(H,26,29)(H,28,30). The summed E-state index contributed by atoms with van der Waals surface area (Å²) in [4.78, 5) is 37.3. The topological polar surface area (TPSA) is 101 Å². The first-order chi connectivity index (χ1) is 15.5. The molecule has 0 aliphatic heterocycles. The summed E-state index contributed by atoms with van der Waals surface area (Å²) in [6, 6.07) is 12.4. The van der Waals surface area contributed by atoms with Crippen LogP contribution in [-0.4, -0.2) is 29.2 Å². The van der Waals surface area contributed by atoms with Crippen LogP contribution in [0.3, 0.4) is 0 Å². The molecule has 0 saturated carbocycles. The number of aromatic nitrogens is 2. The first-order valence-corrected chi connectivity index (χ1v) is 11.0. The number of nitrogens with one attached hydrogen (secondary N) is 2. The second-order valence-electron chi connectivity index (χ2n) is 7.85. The summed E-state index contributed by atoms with van der Waals surface area (Å²) in [5.41, 5.74) is 2.08. The molecular weight excluding hydrogens is 406 g/mol. The number of carbonyl (C=O) groups excluding carboxylic acids is 2. The minimum absolute atomic E-state index is 0.0224. The Kier molecular flexibility index (Phi) is 7.76. The fraction of sp³-hybridized carbons (Fsp3) is 0.360. The number of hydrogen-bond donors (Lipinski definition) is 2. The number of anilines is 1. The highest BCUT2D eigenvalue weighted by molar-refractivity contribution is 5.96. The van der Waals surface area contributed by atoms with E-state index in [9.17, 15) is 14.4 Å². The molecule has 0 fully saturated rings. The van der Waals surface area contributed by atoms with Gasteiger partial charge >= 0.3 is 5.97 Å². The average molecular weight is 436 g/mol. The summed E-state index contributed by atoms with van der Waals surface area (Å²) < 4.78 is 4.87. The molecule has 168 valence electrons. The van der Waals surface area contributed by atoms with Gasteiger partial charge in [-0.3, -0.25) is 9.59 Å². The van der Waals surface area contributed by atoms with Crippen molar-refractivity contribution in [1.82, 2.24) is 10.2 Å². The summed E-state index contributed by atoms with van der Waals surface area (Å²) in [5, 5.41) is 10.8. The molecule has 3 aromatic rings. The Labute approximate surface area is 187 Å². The van der Waals surface area contributed by atoms with Crippen molar-refractivity contribution in [2.24, 2.45) is 5.92 Å². The molecule has 0 aliphatic carbocycles. The van der Waals surface area contributed by atoms with Gasteiger partial charge < -0.3 is 10.1 Å². The maximum absolute atomic E-state index is 12.7. The van der Waals surface area contributed by atoms with Gasteiger partial charge in [-0.25, -0.2) is 9.89 Å². The van der Waals surface area contributed by atoms with Gasteiger partial charge in [-0.05, 0) is 36.6 Å². The van der Waals surface area contributed by atoms with E-state index in [-0.39, 0.29) is 17.4 Å². The van der Waals surface area contributed by atoms with Crippen molar-refractivity contribution < 1.29 is 14.3 Å². The van der Waals surface area contributed by atoms with E-state index in [1.807, 2.05) is 12.1 Å². The molecule has 1 heterocycles. The SMILES string of the molecule is CCCC(CCC)C(=O)Nc1ccc2c(Cc3ccccc3C(=O)OC)n[nH]c(=O)c2c1. The van der Waals surface area contributed by atoms with E-state index in [0.29, 0.717) is 34.1 Å². The highest BCUT2D eigenvalue weighted by atomic mass is 16.5. The smallest absolute Gasteiger partial charge is 0.338 e. The van der Waals surface area contributed by atoms with Gasteiger partial charge in [0.05, 0.1) is 23.8 Å². The normalized spacial score (nSPS) is 11.0. The fourth-order valence-corrected chi connectivity index (χ4v) is 3.95. The molecule has 3 rings (SSSR count). The van der Waals surface area contributed by atoms with Crippen LogP contribution in [0.1, 0.15) is 61.1 Å². The molecule has 7 nitrogen and oxygen atoms in total. The third-order valence-electron chi connectivity index (χ3n) is 5.56. The molecule has 1 aromatic heterocycles. The highest BCUT2D eigenvalue weighted by Gasteiger charge is 2.18. The van der Waals surface area contributed by atoms with Crippen LogP contribution in [0.2, 0.25) is 0 Å². The average Bonchev–Trinajstić information content (AvgIpc) is 2.80. The summed E-state index contributed by atoms with van der Waals surface area (Å²) in [5.74, 6) is -0.486. The zero-order valence-corrected chi connectivity index (χ0v) is 18.7. The predicted octanol–water partition coefficient (Wildman–Crippen LogP) is 4.46. The molecule has 0 radical (unpaired) electrons. The van der Waals surface area contributed by atoms with Crippen LogP contribution in [0, 0.1) is 5.92 Å². The summed E-state index contributed by atoms with van der Waals surface area (Å²) >= 11 is 0. The van der Waals surface area contributed by atoms with E-state index in [2.05, 4.69) is 29.4 Å². The predicted molar refractivity (Wildman–Crippen MR) is 125 cm³/mol. The molecule has 2 aromatic carbocycles. The van der Waals surface area contributed by atoms with E-state index in [4.69, 9.17) is 4.74 Å². The molecule has 0 spiro atoms. The van der Waals surface area contributed by atoms with Gasteiger partial charge in [0.1, 0.15) is 0 Å². The highest BCUT2D eigenvalue weighted by Crippen LogP contribution is 2.23. The van der Waals surface area contributed by atoms with E-state index in [1.165, 1.54) is 7.11 Å². The van der Waals surface area contributed by atoms with Crippen molar-refractivity contribution in [3.05, 3.63) is 69.6 Å². The van der Waals surface area contributed by atoms with E-state index < -0.39 is 5.97 Å². The van der Waals surface area contributed by atoms with Crippen molar-refractivity contribution in [3.63, 3.8) is 0 Å². The minimum atomic E-state index is -0.423. The van der Waals surface area contributed by atoms with Crippen molar-refractivity contribution in [2.75, 3.05) is 12.4 Å². The Hall–Kier alpha value is -3.48. The first-order valence-electron chi connectivity index (χ1n) is 11.0. The lowest BCUT2D eigenvalue weighted by Gasteiger charge is -2.16. The number of rotatable bonds is 9. The molecule has 32 heavy (non-hydrogen) atoms. The zero-order valence-electron chi connectivity index (χ0n) is 18.7. The van der Waals surface area contributed by atoms with Crippen LogP contribution < -0.4 is 10.9 Å². The van der Waals surface area contributed by atoms with Gasteiger partial charge in [-0.2, -0.15) is 5.10 Å². The maximum Gasteiger partial charge on any atom is 0.338 e. The van der Waals surface area contributed by atoms with Crippen molar-refractivity contribution >= 4 is 28.3 Å². The molecule has 0 saturated heterocycles. The lowest BCUT2D eigenvalue weighted by atomic mass is 9.97. The number of ether oxygens (including phenoxy) is 1. The number of methoxy groups -OCH3 is 1. The van der Waals surface area contributed by atoms with Gasteiger partial charge in [-0.1, -0.05) is 51.0 Å². The fourth-order valence-electron chi connectivity index (χ4n) is 3.95. The number of H-pyrrole nitrogens is 1. The second-order valence-corrected chi connectivity index (χ2v) is 7.85. The van der Waals surface area contributed by atoms with Gasteiger partial charge in [0.2, 0.25) is 5.91 Å². The largest absolute Gasteiger partial charge is 0.465 e. The molecule has 2 N–H and O–H groups in total. The summed E-state index contributed by atoms with van der Waals surface area (Å²) in [6.45, 7) is 4.14. The van der Waals surface area contributed by atoms with E-state index in [1.54, 1.807) is 30.3 Å². The maximum atomic E-state index is 12.7. The molecule has 1 amide bonds. The number of aromatic amines is 1. The monoisotopic (exact) mass is 435 g/mol. The van der Waals surface area contributed by atoms with Gasteiger partial charge in [-0.15, -0.1) is 0 Å². The number of fused-ring (bicyclic) bond motifs is 1. The van der Waals surface area contributed by atoms with Crippen LogP contribution >= 0.6 is 0 Å². The molecule has 0 unspecified atom stereocenters. The Bertz CT molecular complexity index is 1160. The Balaban J connectivity index is 1.93. The lowest BCUT2D eigenvalue weighted by Crippen LogP contribution is -2.23. The quantitative estimate of drug-likeness (QED) is 0.484. The second kappa shape index (κ2) is 10.7. The van der Waals surface area contributed by atoms with Crippen molar-refractivity contribution in [3.8, 4) is 0 Å². The number of carbonyl (C=O) groups is 2. The number of nitrogens with zero attached hydrogens (tertiary/aromatic N) is 1. The third-order valence-corrected chi connectivity index (χ3v) is 5.56. The zero-order chi connectivity index (χ0) is 23.1. The lowest BCUT2D eigenvalue weighted by molar-refractivity contribution is -0.120. The van der Waals surface area contributed by atoms with Crippen LogP contribution in [0.15, 0.2) is 47.3 Å². The Morgan fingerprint density at radius 2 is 1.78 bits per heavy atom. The van der Waals surface area contributed by atoms with Crippen LogP contribution in [-0.2, 0) is 16.0 Å². The van der Waals surface area contributed by atoms with Crippen LogP contribution in [0.5, 0.6) is 0 Å². The Morgan fingerprint density at radius 3 is 2.47 bits per heavy atom. The number of amides is 1. The Morgan fingerprint density at radius 1 is 1.06 bits per heavy atom. The van der Waals surface area contributed by atoms with E-state index in [0.717, 1.165) is 31.2 Å². The first kappa shape index (κ1) is 23.2. The number of hydrogen-bond acceptors (Lipinski definition) is 5. The third kappa shape index (κ3) is 5.22. The van der Waals surface area contributed by atoms with E-state index >= 15 is 0 Å².